The summed E-state index contributed by atoms with van der Waals surface area (Å²) < 4.78 is 1.05. The fraction of sp³-hybridized carbons (Fsp3) is 0.235. The molecule has 0 fully saturated rings. The summed E-state index contributed by atoms with van der Waals surface area (Å²) >= 11 is 3.44. The third kappa shape index (κ3) is 3.10. The minimum absolute atomic E-state index is 0.147. The zero-order valence-corrected chi connectivity index (χ0v) is 13.4. The molecule has 1 aliphatic rings. The second-order valence-electron chi connectivity index (χ2n) is 5.37. The van der Waals surface area contributed by atoms with Gasteiger partial charge in [0, 0.05) is 16.9 Å². The van der Waals surface area contributed by atoms with E-state index in [1.54, 1.807) is 0 Å². The van der Waals surface area contributed by atoms with E-state index in [1.165, 1.54) is 0 Å². The van der Waals surface area contributed by atoms with Crippen LogP contribution >= 0.6 is 15.9 Å². The quantitative estimate of drug-likeness (QED) is 0.885. The number of rotatable bonds is 2. The summed E-state index contributed by atoms with van der Waals surface area (Å²) in [5, 5.41) is 3.41. The molecule has 0 aliphatic carbocycles. The molecule has 4 heteroatoms. The van der Waals surface area contributed by atoms with Crippen LogP contribution in [-0.4, -0.2) is 11.9 Å². The Hall–Kier alpha value is -1.81. The highest BCUT2D eigenvalue weighted by molar-refractivity contribution is 9.10. The summed E-state index contributed by atoms with van der Waals surface area (Å²) in [5.74, 6) is 0.155. The van der Waals surface area contributed by atoms with Crippen molar-refractivity contribution >= 4 is 33.2 Å². The van der Waals surface area contributed by atoms with Gasteiger partial charge in [-0.3, -0.25) is 4.79 Å². The molecule has 1 atom stereocenters. The largest absolute Gasteiger partial charge is 0.380 e. The van der Waals surface area contributed by atoms with Crippen LogP contribution < -0.4 is 10.2 Å². The predicted molar refractivity (Wildman–Crippen MR) is 89.5 cm³/mol. The number of carbonyl (C=O) groups excluding carboxylic acids is 1. The van der Waals surface area contributed by atoms with Crippen LogP contribution in [0.5, 0.6) is 0 Å². The highest BCUT2D eigenvalue weighted by Crippen LogP contribution is 2.31. The Kier molecular flexibility index (Phi) is 3.97. The zero-order chi connectivity index (χ0) is 14.8. The van der Waals surface area contributed by atoms with Crippen LogP contribution in [0.25, 0.3) is 0 Å². The molecule has 1 heterocycles. The third-order valence-corrected chi connectivity index (χ3v) is 4.16. The maximum absolute atomic E-state index is 12.5. The average Bonchev–Trinajstić information content (AvgIpc) is 2.58. The Morgan fingerprint density at radius 2 is 1.90 bits per heavy atom. The number of carbonyl (C=O) groups is 1. The first-order chi connectivity index (χ1) is 10.1. The summed E-state index contributed by atoms with van der Waals surface area (Å²) in [6.07, 6.45) is 0.505. The number of nitrogens with one attached hydrogen (secondary N) is 1. The van der Waals surface area contributed by atoms with Crippen LogP contribution in [-0.2, 0) is 11.3 Å². The first-order valence-electron chi connectivity index (χ1n) is 7.04. The number of benzene rings is 2. The molecule has 1 amide bonds. The van der Waals surface area contributed by atoms with E-state index in [2.05, 4.69) is 21.2 Å². The van der Waals surface area contributed by atoms with Crippen LogP contribution in [0.4, 0.5) is 11.4 Å². The summed E-state index contributed by atoms with van der Waals surface area (Å²) in [6.45, 7) is 2.63. The first-order valence-corrected chi connectivity index (χ1v) is 7.83. The van der Waals surface area contributed by atoms with Crippen LogP contribution in [0, 0.1) is 0 Å². The molecule has 2 aromatic carbocycles. The highest BCUT2D eigenvalue weighted by Gasteiger charge is 2.25. The number of amides is 1. The van der Waals surface area contributed by atoms with Crippen molar-refractivity contribution in [1.82, 2.24) is 0 Å². The Morgan fingerprint density at radius 3 is 2.67 bits per heavy atom. The molecule has 0 bridgehead atoms. The van der Waals surface area contributed by atoms with E-state index in [9.17, 15) is 4.79 Å². The maximum Gasteiger partial charge on any atom is 0.229 e. The van der Waals surface area contributed by atoms with Crippen LogP contribution in [0.1, 0.15) is 18.9 Å². The van der Waals surface area contributed by atoms with Crippen molar-refractivity contribution in [3.8, 4) is 0 Å². The molecular weight excluding hydrogens is 328 g/mol. The molecule has 0 saturated carbocycles. The minimum atomic E-state index is 0.147. The van der Waals surface area contributed by atoms with Gasteiger partial charge in [0.1, 0.15) is 0 Å². The Morgan fingerprint density at radius 1 is 1.19 bits per heavy atom. The average molecular weight is 345 g/mol. The first kappa shape index (κ1) is 14.1. The standard InChI is InChI=1S/C17H17BrN2O/c1-12-10-17(21)20(11-13-6-8-14(18)9-7-13)16-5-3-2-4-15(16)19-12/h2-9,12,19H,10-11H2,1H3/t12-/m0/s1. The third-order valence-electron chi connectivity index (χ3n) is 3.63. The maximum atomic E-state index is 12.5. The monoisotopic (exact) mass is 344 g/mol. The second kappa shape index (κ2) is 5.90. The molecule has 0 unspecified atom stereocenters. The van der Waals surface area contributed by atoms with Gasteiger partial charge in [0.05, 0.1) is 17.9 Å². The summed E-state index contributed by atoms with van der Waals surface area (Å²) in [6, 6.07) is 16.2. The van der Waals surface area contributed by atoms with Gasteiger partial charge in [-0.05, 0) is 36.8 Å². The van der Waals surface area contributed by atoms with Crippen molar-refractivity contribution in [3.63, 3.8) is 0 Å². The van der Waals surface area contributed by atoms with E-state index in [4.69, 9.17) is 0 Å². The van der Waals surface area contributed by atoms with Gasteiger partial charge in [-0.15, -0.1) is 0 Å². The molecule has 3 rings (SSSR count). The van der Waals surface area contributed by atoms with Gasteiger partial charge < -0.3 is 10.2 Å². The molecule has 0 spiro atoms. The number of fused-ring (bicyclic) bond motifs is 1. The summed E-state index contributed by atoms with van der Waals surface area (Å²) in [7, 11) is 0. The van der Waals surface area contributed by atoms with Gasteiger partial charge in [0.15, 0.2) is 0 Å². The van der Waals surface area contributed by atoms with E-state index >= 15 is 0 Å². The normalized spacial score (nSPS) is 17.9. The lowest BCUT2D eigenvalue weighted by molar-refractivity contribution is -0.118. The van der Waals surface area contributed by atoms with Gasteiger partial charge in [-0.25, -0.2) is 0 Å². The van der Waals surface area contributed by atoms with Crippen LogP contribution in [0.2, 0.25) is 0 Å². The van der Waals surface area contributed by atoms with Crippen molar-refractivity contribution in [3.05, 3.63) is 58.6 Å². The van der Waals surface area contributed by atoms with Crippen molar-refractivity contribution in [2.75, 3.05) is 10.2 Å². The lowest BCUT2D eigenvalue weighted by Crippen LogP contribution is -2.31. The molecule has 2 aromatic rings. The van der Waals surface area contributed by atoms with Crippen LogP contribution in [0.15, 0.2) is 53.0 Å². The van der Waals surface area contributed by atoms with E-state index in [1.807, 2.05) is 60.4 Å². The van der Waals surface area contributed by atoms with Crippen molar-refractivity contribution in [2.24, 2.45) is 0 Å². The molecule has 0 aromatic heterocycles. The number of hydrogen-bond donors (Lipinski definition) is 1. The lowest BCUT2D eigenvalue weighted by Gasteiger charge is -2.22. The van der Waals surface area contributed by atoms with Crippen LogP contribution in [0.3, 0.4) is 0 Å². The zero-order valence-electron chi connectivity index (χ0n) is 11.8. The van der Waals surface area contributed by atoms with E-state index in [0.717, 1.165) is 21.4 Å². The SMILES string of the molecule is C[C@H]1CC(=O)N(Cc2ccc(Br)cc2)c2ccccc2N1. The number of hydrogen-bond acceptors (Lipinski definition) is 2. The Labute approximate surface area is 133 Å². The lowest BCUT2D eigenvalue weighted by atomic mass is 10.1. The molecular formula is C17H17BrN2O. The molecule has 21 heavy (non-hydrogen) atoms. The number of halogens is 1. The van der Waals surface area contributed by atoms with E-state index in [-0.39, 0.29) is 11.9 Å². The van der Waals surface area contributed by atoms with E-state index < -0.39 is 0 Å². The Balaban J connectivity index is 1.95. The molecule has 0 radical (unpaired) electrons. The predicted octanol–water partition coefficient (Wildman–Crippen LogP) is 4.19. The van der Waals surface area contributed by atoms with Gasteiger partial charge in [-0.1, -0.05) is 40.2 Å². The summed E-state index contributed by atoms with van der Waals surface area (Å²) in [5.41, 5.74) is 3.10. The highest BCUT2D eigenvalue weighted by atomic mass is 79.9. The topological polar surface area (TPSA) is 32.3 Å². The minimum Gasteiger partial charge on any atom is -0.380 e. The number of anilines is 2. The second-order valence-corrected chi connectivity index (χ2v) is 6.29. The fourth-order valence-electron chi connectivity index (χ4n) is 2.60. The fourth-order valence-corrected chi connectivity index (χ4v) is 2.86. The van der Waals surface area contributed by atoms with Crippen molar-refractivity contribution < 1.29 is 4.79 Å². The molecule has 0 saturated heterocycles. The molecule has 1 aliphatic heterocycles. The van der Waals surface area contributed by atoms with E-state index in [0.29, 0.717) is 13.0 Å². The van der Waals surface area contributed by atoms with Gasteiger partial charge >= 0.3 is 0 Å². The smallest absolute Gasteiger partial charge is 0.229 e. The molecule has 1 N–H and O–H groups in total. The van der Waals surface area contributed by atoms with Gasteiger partial charge in [0.25, 0.3) is 0 Å². The van der Waals surface area contributed by atoms with Crippen molar-refractivity contribution in [1.29, 1.82) is 0 Å². The summed E-state index contributed by atoms with van der Waals surface area (Å²) in [4.78, 5) is 14.4. The van der Waals surface area contributed by atoms with Gasteiger partial charge in [0.2, 0.25) is 5.91 Å². The molecule has 108 valence electrons. The number of para-hydroxylation sites is 2. The van der Waals surface area contributed by atoms with Gasteiger partial charge in [-0.2, -0.15) is 0 Å². The Bertz CT molecular complexity index is 654. The molecule has 3 nitrogen and oxygen atoms in total. The van der Waals surface area contributed by atoms with Crippen molar-refractivity contribution in [2.45, 2.75) is 25.9 Å². The number of nitrogens with zero attached hydrogens (tertiary/aromatic N) is 1.